The highest BCUT2D eigenvalue weighted by atomic mass is 35.5. The van der Waals surface area contributed by atoms with Crippen LogP contribution in [0.25, 0.3) is 33.8 Å². The number of anilines is 1. The molecule has 440 valence electrons. The summed E-state index contributed by atoms with van der Waals surface area (Å²) in [6, 6.07) is 10.4. The van der Waals surface area contributed by atoms with E-state index < -0.39 is 11.9 Å². The number of carbonyl (C=O) groups excluding carboxylic acids is 3. The molecular weight excluding hydrogens is 1080 g/mol. The van der Waals surface area contributed by atoms with Crippen molar-refractivity contribution in [3.8, 4) is 33.8 Å². The van der Waals surface area contributed by atoms with Crippen LogP contribution in [0.4, 0.5) is 5.82 Å². The van der Waals surface area contributed by atoms with Crippen molar-refractivity contribution < 1.29 is 33.2 Å². The molecule has 0 aromatic carbocycles. The van der Waals surface area contributed by atoms with Crippen LogP contribution in [-0.2, 0) is 35.4 Å². The van der Waals surface area contributed by atoms with Gasteiger partial charge in [0.1, 0.15) is 28.6 Å². The number of rotatable bonds is 9. The van der Waals surface area contributed by atoms with Crippen LogP contribution in [0.15, 0.2) is 92.2 Å². The Hall–Kier alpha value is -8.02. The van der Waals surface area contributed by atoms with Crippen molar-refractivity contribution in [2.45, 2.75) is 158 Å². The number of aromatic nitrogens is 14. The second-order valence-corrected chi connectivity index (χ2v) is 24.5. The summed E-state index contributed by atoms with van der Waals surface area (Å²) in [5.41, 5.74) is 8.05. The molecule has 83 heavy (non-hydrogen) atoms. The quantitative estimate of drug-likeness (QED) is 0.104. The van der Waals surface area contributed by atoms with Crippen LogP contribution in [0.3, 0.4) is 0 Å². The number of amides is 1. The van der Waals surface area contributed by atoms with E-state index in [1.807, 2.05) is 73.5 Å². The third kappa shape index (κ3) is 16.0. The summed E-state index contributed by atoms with van der Waals surface area (Å²) in [6.45, 7) is 36.8. The van der Waals surface area contributed by atoms with E-state index >= 15 is 0 Å². The van der Waals surface area contributed by atoms with E-state index in [0.717, 1.165) is 44.4 Å². The molecule has 22 nitrogen and oxygen atoms in total. The van der Waals surface area contributed by atoms with Crippen LogP contribution in [0, 0.1) is 20.8 Å². The number of ether oxygens (including phenoxy) is 2. The first kappa shape index (κ1) is 64.2. The van der Waals surface area contributed by atoms with Crippen molar-refractivity contribution >= 4 is 47.8 Å². The Morgan fingerprint density at radius 3 is 1.55 bits per heavy atom. The van der Waals surface area contributed by atoms with E-state index in [4.69, 9.17) is 25.6 Å². The predicted octanol–water partition coefficient (Wildman–Crippen LogP) is 10.5. The van der Waals surface area contributed by atoms with Gasteiger partial charge in [0, 0.05) is 65.0 Å². The van der Waals surface area contributed by atoms with Crippen LogP contribution in [0.1, 0.15) is 158 Å². The van der Waals surface area contributed by atoms with E-state index in [9.17, 15) is 14.4 Å². The fourth-order valence-electron chi connectivity index (χ4n) is 7.71. The number of aryl methyl sites for hydroxylation is 3. The lowest BCUT2D eigenvalue weighted by Gasteiger charge is -2.32. The number of esters is 2. The molecule has 1 amide bonds. The molecular formula is C59H77BClN15O7. The standard InChI is InChI=1S/C23H27N9O.C15H19N3O2.C13H23BN2O2.C8H8ClNO2/c1-14(2)32-21(28-29-30-32)18-8-7-9-20(26-18)27-22(33)19-10-17(15(3)11-24-19)16-12-25-31(13-16)23(4,5)6;1-10-7-16-13(14(19)20-5)6-12(10)11-8-17-18(9-11)15(2,3)4;1-11(2,3)16-9-10(8-15-16)14-17-12(4,5)13(6,7)18-14;1-5-4-10-7(3-6(5)9)8(11)12-2/h7-14H,1-6H3,(H,26,27,33);6-9H,1-5H3;8-9H,1-7H3;3-4H,1-2H3. The van der Waals surface area contributed by atoms with Gasteiger partial charge in [-0.1, -0.05) is 17.7 Å². The van der Waals surface area contributed by atoms with Crippen LogP contribution in [0.5, 0.6) is 0 Å². The van der Waals surface area contributed by atoms with Crippen LogP contribution in [0.2, 0.25) is 5.02 Å². The molecule has 1 saturated heterocycles. The Bertz CT molecular complexity index is 3550. The Balaban J connectivity index is 0.000000190. The van der Waals surface area contributed by atoms with Crippen molar-refractivity contribution in [2.75, 3.05) is 19.5 Å². The molecule has 0 saturated carbocycles. The Morgan fingerprint density at radius 1 is 0.639 bits per heavy atom. The Morgan fingerprint density at radius 2 is 1.10 bits per heavy atom. The van der Waals surface area contributed by atoms with Crippen molar-refractivity contribution in [1.29, 1.82) is 0 Å². The fourth-order valence-corrected chi connectivity index (χ4v) is 7.86. The van der Waals surface area contributed by atoms with Gasteiger partial charge in [-0.25, -0.2) is 29.2 Å². The van der Waals surface area contributed by atoms with Crippen LogP contribution < -0.4 is 10.8 Å². The number of nitrogens with zero attached hydrogens (tertiary/aromatic N) is 14. The topological polar surface area (TPSA) is 249 Å². The molecule has 0 bridgehead atoms. The molecule has 0 spiro atoms. The number of hydrogen-bond acceptors (Lipinski definition) is 17. The second-order valence-electron chi connectivity index (χ2n) is 24.1. The minimum absolute atomic E-state index is 0.0259. The maximum atomic E-state index is 13.0. The zero-order chi connectivity index (χ0) is 61.6. The smallest absolute Gasteiger partial charge is 0.464 e. The fraction of sp³-hybridized carbons (Fsp3) is 0.441. The van der Waals surface area contributed by atoms with E-state index in [0.29, 0.717) is 33.7 Å². The summed E-state index contributed by atoms with van der Waals surface area (Å²) in [6.07, 6.45) is 16.3. The maximum Gasteiger partial charge on any atom is 0.498 e. The average molecular weight is 1150 g/mol. The van der Waals surface area contributed by atoms with Crippen molar-refractivity contribution in [3.05, 3.63) is 131 Å². The van der Waals surface area contributed by atoms with Gasteiger partial charge in [-0.05, 0) is 193 Å². The Kier molecular flexibility index (Phi) is 19.8. The van der Waals surface area contributed by atoms with Gasteiger partial charge in [0.15, 0.2) is 0 Å². The molecule has 0 unspecified atom stereocenters. The second kappa shape index (κ2) is 25.6. The highest BCUT2D eigenvalue weighted by molar-refractivity contribution is 6.62. The maximum absolute atomic E-state index is 13.0. The molecule has 24 heteroatoms. The monoisotopic (exact) mass is 1150 g/mol. The summed E-state index contributed by atoms with van der Waals surface area (Å²) in [4.78, 5) is 52.2. The molecule has 0 aliphatic carbocycles. The Labute approximate surface area is 491 Å². The van der Waals surface area contributed by atoms with Crippen molar-refractivity contribution in [3.63, 3.8) is 0 Å². The molecule has 1 N–H and O–H groups in total. The van der Waals surface area contributed by atoms with Gasteiger partial charge in [0.25, 0.3) is 5.91 Å². The molecule has 0 radical (unpaired) electrons. The van der Waals surface area contributed by atoms with Crippen molar-refractivity contribution in [2.24, 2.45) is 0 Å². The predicted molar refractivity (Wildman–Crippen MR) is 319 cm³/mol. The third-order valence-corrected chi connectivity index (χ3v) is 13.9. The highest BCUT2D eigenvalue weighted by Gasteiger charge is 2.52. The lowest BCUT2D eigenvalue weighted by atomic mass is 9.82. The molecule has 9 heterocycles. The number of methoxy groups -OCH3 is 2. The third-order valence-electron chi connectivity index (χ3n) is 13.4. The zero-order valence-electron chi connectivity index (χ0n) is 51.3. The summed E-state index contributed by atoms with van der Waals surface area (Å²) in [5.74, 6) is -0.341. The molecule has 1 aliphatic rings. The van der Waals surface area contributed by atoms with E-state index in [1.165, 1.54) is 26.5 Å². The number of halogens is 1. The molecule has 1 aliphatic heterocycles. The molecule has 0 atom stereocenters. The van der Waals surface area contributed by atoms with E-state index in [1.54, 1.807) is 59.8 Å². The van der Waals surface area contributed by atoms with Gasteiger partial charge >= 0.3 is 19.1 Å². The molecule has 8 aromatic heterocycles. The first-order valence-corrected chi connectivity index (χ1v) is 27.3. The summed E-state index contributed by atoms with van der Waals surface area (Å²) < 4.78 is 28.6. The normalized spacial score (nSPS) is 13.7. The first-order chi connectivity index (χ1) is 38.6. The lowest BCUT2D eigenvalue weighted by molar-refractivity contribution is 0.00578. The van der Waals surface area contributed by atoms with E-state index in [-0.39, 0.29) is 52.6 Å². The first-order valence-electron chi connectivity index (χ1n) is 26.9. The van der Waals surface area contributed by atoms with Gasteiger partial charge in [0.2, 0.25) is 5.82 Å². The summed E-state index contributed by atoms with van der Waals surface area (Å²) >= 11 is 5.77. The SMILES string of the molecule is CC(C)(C)n1cc(B2OC(C)(C)C(C)(C)O2)cn1.COC(=O)c1cc(-c2cnn(C(C)(C)C)c2)c(C)cn1.COC(=O)c1cc(Cl)c(C)cn1.Cc1cnc(C(=O)Nc2cccc(-c3nnnn3C(C)C)n2)cc1-c1cnn(C(C)(C)C)c1. The molecule has 9 rings (SSSR count). The minimum atomic E-state index is -0.475. The highest BCUT2D eigenvalue weighted by Crippen LogP contribution is 2.37. The lowest BCUT2D eigenvalue weighted by Crippen LogP contribution is -2.41. The van der Waals surface area contributed by atoms with Gasteiger partial charge in [-0.3, -0.25) is 23.8 Å². The summed E-state index contributed by atoms with van der Waals surface area (Å²) in [7, 11) is 2.32. The van der Waals surface area contributed by atoms with Crippen LogP contribution >= 0.6 is 11.6 Å². The number of carbonyl (C=O) groups is 3. The number of pyridine rings is 4. The van der Waals surface area contributed by atoms with Gasteiger partial charge in [0.05, 0.1) is 60.5 Å². The van der Waals surface area contributed by atoms with Crippen molar-refractivity contribution in [1.82, 2.24) is 69.5 Å². The molecule has 8 aromatic rings. The number of nitrogens with one attached hydrogen (secondary N) is 1. The van der Waals surface area contributed by atoms with E-state index in [2.05, 4.69) is 151 Å². The average Bonchev–Trinajstić information content (AvgIpc) is 2.72. The van der Waals surface area contributed by atoms with Gasteiger partial charge < -0.3 is 24.1 Å². The zero-order valence-corrected chi connectivity index (χ0v) is 52.1. The molecule has 1 fully saturated rings. The summed E-state index contributed by atoms with van der Waals surface area (Å²) in [5, 5.41) is 28.4. The van der Waals surface area contributed by atoms with Gasteiger partial charge in [-0.2, -0.15) is 15.3 Å². The number of hydrogen-bond donors (Lipinski definition) is 1. The van der Waals surface area contributed by atoms with Crippen LogP contribution in [-0.4, -0.2) is 120 Å². The largest absolute Gasteiger partial charge is 0.498 e. The number of tetrazole rings is 1. The minimum Gasteiger partial charge on any atom is -0.464 e. The van der Waals surface area contributed by atoms with Gasteiger partial charge in [-0.15, -0.1) is 5.10 Å².